The highest BCUT2D eigenvalue weighted by molar-refractivity contribution is 5.72. The van der Waals surface area contributed by atoms with Gasteiger partial charge in [-0.3, -0.25) is 0 Å². The molecule has 32 heavy (non-hydrogen) atoms. The van der Waals surface area contributed by atoms with Crippen LogP contribution >= 0.6 is 0 Å². The summed E-state index contributed by atoms with van der Waals surface area (Å²) in [5.74, 6) is -1.09. The molecule has 4 heteroatoms. The quantitative estimate of drug-likeness (QED) is 0.266. The first kappa shape index (κ1) is 23.4. The van der Waals surface area contributed by atoms with Crippen molar-refractivity contribution in [3.8, 4) is 28.0 Å². The summed E-state index contributed by atoms with van der Waals surface area (Å²) >= 11 is 0. The maximum absolute atomic E-state index is 14.9. The van der Waals surface area contributed by atoms with E-state index < -0.39 is 11.6 Å². The average molecular weight is 435 g/mol. The molecule has 0 aliphatic rings. The average Bonchev–Trinajstić information content (AvgIpc) is 2.80. The maximum Gasteiger partial charge on any atom is 0.167 e. The third-order valence-corrected chi connectivity index (χ3v) is 5.14. The second-order valence-electron chi connectivity index (χ2n) is 7.72. The van der Waals surface area contributed by atoms with Gasteiger partial charge >= 0.3 is 0 Å². The maximum atomic E-state index is 14.9. The van der Waals surface area contributed by atoms with Crippen molar-refractivity contribution in [1.82, 2.24) is 0 Å². The van der Waals surface area contributed by atoms with Crippen LogP contribution in [0, 0.1) is 11.6 Å². The van der Waals surface area contributed by atoms with Crippen molar-refractivity contribution < 1.29 is 18.6 Å². The van der Waals surface area contributed by atoms with Gasteiger partial charge in [-0.2, -0.15) is 0 Å². The van der Waals surface area contributed by atoms with Gasteiger partial charge in [0.15, 0.2) is 11.6 Å². The molecular weight excluding hydrogens is 406 g/mol. The Balaban J connectivity index is 1.73. The van der Waals surface area contributed by atoms with Crippen molar-refractivity contribution in [2.45, 2.75) is 32.3 Å². The zero-order valence-electron chi connectivity index (χ0n) is 18.2. The Bertz CT molecular complexity index is 1050. The van der Waals surface area contributed by atoms with E-state index in [2.05, 4.69) is 12.7 Å². The SMILES string of the molecule is C=CCOc1ccc(-c2ccc(-c3ccc(/C=C/CCCC(C)O)cc3)c(F)c2F)cc1. The smallest absolute Gasteiger partial charge is 0.167 e. The molecule has 1 atom stereocenters. The minimum absolute atomic E-state index is 0.207. The van der Waals surface area contributed by atoms with E-state index in [-0.39, 0.29) is 17.2 Å². The number of rotatable bonds is 10. The molecule has 0 aliphatic heterocycles. The molecule has 0 saturated carbocycles. The predicted molar refractivity (Wildman–Crippen MR) is 127 cm³/mol. The van der Waals surface area contributed by atoms with Crippen LogP contribution in [-0.2, 0) is 0 Å². The van der Waals surface area contributed by atoms with Gasteiger partial charge in [-0.05, 0) is 55.0 Å². The predicted octanol–water partition coefficient (Wildman–Crippen LogP) is 7.43. The van der Waals surface area contributed by atoms with Crippen LogP contribution in [0.15, 0.2) is 79.4 Å². The number of halogens is 2. The number of hydrogen-bond donors (Lipinski definition) is 1. The molecule has 1 N–H and O–H groups in total. The van der Waals surface area contributed by atoms with Gasteiger partial charge in [0.1, 0.15) is 12.4 Å². The van der Waals surface area contributed by atoms with Crippen molar-refractivity contribution in [2.75, 3.05) is 6.61 Å². The standard InChI is InChI=1S/C28H28F2O2/c1-3-19-32-24-15-13-23(14-16-24)26-18-17-25(27(29)28(26)30)22-11-9-21(10-12-22)8-6-4-5-7-20(2)31/h3,6,8-18,20,31H,1,4-5,7,19H2,2H3/b8-6+. The molecule has 0 fully saturated rings. The molecule has 0 saturated heterocycles. The highest BCUT2D eigenvalue weighted by Crippen LogP contribution is 2.32. The van der Waals surface area contributed by atoms with Crippen LogP contribution in [-0.4, -0.2) is 17.8 Å². The van der Waals surface area contributed by atoms with E-state index in [4.69, 9.17) is 4.74 Å². The molecule has 0 bridgehead atoms. The summed E-state index contributed by atoms with van der Waals surface area (Å²) in [7, 11) is 0. The molecule has 3 aromatic carbocycles. The molecule has 0 aliphatic carbocycles. The van der Waals surface area contributed by atoms with Crippen LogP contribution in [0.5, 0.6) is 5.75 Å². The molecule has 1 unspecified atom stereocenters. The van der Waals surface area contributed by atoms with E-state index in [0.29, 0.717) is 23.5 Å². The van der Waals surface area contributed by atoms with Gasteiger partial charge in [-0.1, -0.05) is 73.3 Å². The fourth-order valence-electron chi connectivity index (χ4n) is 3.41. The third kappa shape index (κ3) is 6.14. The van der Waals surface area contributed by atoms with Crippen LogP contribution < -0.4 is 4.74 Å². The fraction of sp³-hybridized carbons (Fsp3) is 0.214. The first-order valence-corrected chi connectivity index (χ1v) is 10.8. The normalized spacial score (nSPS) is 12.1. The number of benzene rings is 3. The van der Waals surface area contributed by atoms with Gasteiger partial charge in [-0.25, -0.2) is 8.78 Å². The Morgan fingerprint density at radius 2 is 1.47 bits per heavy atom. The van der Waals surface area contributed by atoms with Gasteiger partial charge in [0.05, 0.1) is 6.10 Å². The largest absolute Gasteiger partial charge is 0.490 e. The minimum atomic E-state index is -0.871. The molecule has 0 radical (unpaired) electrons. The topological polar surface area (TPSA) is 29.5 Å². The van der Waals surface area contributed by atoms with Gasteiger partial charge < -0.3 is 9.84 Å². The Kier molecular flexibility index (Phi) is 8.34. The highest BCUT2D eigenvalue weighted by Gasteiger charge is 2.16. The number of ether oxygens (including phenoxy) is 1. The molecule has 166 valence electrons. The molecule has 3 aromatic rings. The summed E-state index contributed by atoms with van der Waals surface area (Å²) in [6, 6.07) is 17.4. The first-order valence-electron chi connectivity index (χ1n) is 10.8. The van der Waals surface area contributed by atoms with E-state index in [9.17, 15) is 13.9 Å². The molecule has 3 rings (SSSR count). The van der Waals surface area contributed by atoms with Gasteiger partial charge in [0.25, 0.3) is 0 Å². The lowest BCUT2D eigenvalue weighted by molar-refractivity contribution is 0.182. The molecule has 0 amide bonds. The molecule has 2 nitrogen and oxygen atoms in total. The van der Waals surface area contributed by atoms with Crippen molar-refractivity contribution in [3.63, 3.8) is 0 Å². The van der Waals surface area contributed by atoms with Crippen LogP contribution in [0.3, 0.4) is 0 Å². The lowest BCUT2D eigenvalue weighted by Crippen LogP contribution is -1.97. The van der Waals surface area contributed by atoms with Crippen molar-refractivity contribution in [2.24, 2.45) is 0 Å². The summed E-state index contributed by atoms with van der Waals surface area (Å²) < 4.78 is 35.2. The summed E-state index contributed by atoms with van der Waals surface area (Å²) in [5.41, 5.74) is 2.62. The van der Waals surface area contributed by atoms with Crippen LogP contribution in [0.25, 0.3) is 28.3 Å². The molecule has 0 heterocycles. The van der Waals surface area contributed by atoms with E-state index in [1.807, 2.05) is 18.2 Å². The van der Waals surface area contributed by atoms with Gasteiger partial charge in [-0.15, -0.1) is 0 Å². The summed E-state index contributed by atoms with van der Waals surface area (Å²) in [4.78, 5) is 0. The van der Waals surface area contributed by atoms with E-state index in [1.54, 1.807) is 61.5 Å². The zero-order valence-corrected chi connectivity index (χ0v) is 18.2. The van der Waals surface area contributed by atoms with E-state index >= 15 is 0 Å². The second-order valence-corrected chi connectivity index (χ2v) is 7.72. The first-order chi connectivity index (χ1) is 15.5. The van der Waals surface area contributed by atoms with Crippen molar-refractivity contribution in [1.29, 1.82) is 0 Å². The lowest BCUT2D eigenvalue weighted by Gasteiger charge is -2.10. The van der Waals surface area contributed by atoms with Crippen LogP contribution in [0.4, 0.5) is 8.78 Å². The summed E-state index contributed by atoms with van der Waals surface area (Å²) in [6.07, 6.45) is 8.00. The zero-order chi connectivity index (χ0) is 22.9. The third-order valence-electron chi connectivity index (χ3n) is 5.14. The second kappa shape index (κ2) is 11.4. The monoisotopic (exact) mass is 434 g/mol. The van der Waals surface area contributed by atoms with Gasteiger partial charge in [0, 0.05) is 11.1 Å². The van der Waals surface area contributed by atoms with Crippen LogP contribution in [0.2, 0.25) is 0 Å². The number of unbranched alkanes of at least 4 members (excludes halogenated alkanes) is 1. The number of aliphatic hydroxyl groups is 1. The number of hydrogen-bond acceptors (Lipinski definition) is 2. The minimum Gasteiger partial charge on any atom is -0.490 e. The lowest BCUT2D eigenvalue weighted by atomic mass is 9.98. The molecule has 0 spiro atoms. The number of aliphatic hydroxyl groups excluding tert-OH is 1. The molecule has 0 aromatic heterocycles. The number of allylic oxidation sites excluding steroid dienone is 1. The Morgan fingerprint density at radius 1 is 0.906 bits per heavy atom. The molecular formula is C28H28F2O2. The Hall–Kier alpha value is -3.24. The Morgan fingerprint density at radius 3 is 2.00 bits per heavy atom. The fourth-order valence-corrected chi connectivity index (χ4v) is 3.41. The Labute approximate surface area is 188 Å². The van der Waals surface area contributed by atoms with E-state index in [0.717, 1.165) is 24.8 Å². The summed E-state index contributed by atoms with van der Waals surface area (Å²) in [6.45, 7) is 5.77. The van der Waals surface area contributed by atoms with Crippen molar-refractivity contribution >= 4 is 6.08 Å². The summed E-state index contributed by atoms with van der Waals surface area (Å²) in [5, 5.41) is 9.28. The van der Waals surface area contributed by atoms with E-state index in [1.165, 1.54) is 0 Å². The van der Waals surface area contributed by atoms with Crippen molar-refractivity contribution in [3.05, 3.63) is 96.6 Å². The highest BCUT2D eigenvalue weighted by atomic mass is 19.2. The van der Waals surface area contributed by atoms with Gasteiger partial charge in [0.2, 0.25) is 0 Å². The van der Waals surface area contributed by atoms with Crippen LogP contribution in [0.1, 0.15) is 31.7 Å².